The van der Waals surface area contributed by atoms with Gasteiger partial charge in [-0.3, -0.25) is 4.79 Å². The highest BCUT2D eigenvalue weighted by Crippen LogP contribution is 2.02. The minimum atomic E-state index is -0.913. The molecule has 0 aliphatic heterocycles. The molecule has 2 amide bonds. The summed E-state index contributed by atoms with van der Waals surface area (Å²) in [5, 5.41) is 14.2. The quantitative estimate of drug-likeness (QED) is 0.619. The van der Waals surface area contributed by atoms with Gasteiger partial charge in [-0.25, -0.2) is 4.79 Å². The van der Waals surface area contributed by atoms with Gasteiger partial charge in [0.05, 0.1) is 5.92 Å². The number of likely N-dealkylation sites (N-methyl/N-ethyl adjacent to an activating group) is 1. The third-order valence-corrected chi connectivity index (χ3v) is 3.59. The average Bonchev–Trinajstić information content (AvgIpc) is 2.36. The molecule has 0 aromatic heterocycles. The smallest absolute Gasteiger partial charge is 0.315 e. The number of carbonyl (C=O) groups is 2. The van der Waals surface area contributed by atoms with Crippen molar-refractivity contribution in [2.24, 2.45) is 5.92 Å². The Morgan fingerprint density at radius 1 is 1.26 bits per heavy atom. The summed E-state index contributed by atoms with van der Waals surface area (Å²) in [6.07, 6.45) is 1.07. The van der Waals surface area contributed by atoms with Gasteiger partial charge in [-0.1, -0.05) is 6.92 Å². The topological polar surface area (TPSA) is 81.7 Å². The van der Waals surface area contributed by atoms with Crippen LogP contribution in [0.1, 0.15) is 34.1 Å². The molecule has 0 aliphatic rings. The first-order chi connectivity index (χ1) is 8.79. The average molecular weight is 273 g/mol. The predicted octanol–water partition coefficient (Wildman–Crippen LogP) is 1.13. The van der Waals surface area contributed by atoms with Crippen molar-refractivity contribution in [3.63, 3.8) is 0 Å². The fraction of sp³-hybridized carbons (Fsp3) is 0.846. The van der Waals surface area contributed by atoms with Gasteiger partial charge >= 0.3 is 12.0 Å². The molecule has 0 saturated heterocycles. The Morgan fingerprint density at radius 2 is 1.84 bits per heavy atom. The van der Waals surface area contributed by atoms with Crippen molar-refractivity contribution in [1.82, 2.24) is 15.5 Å². The summed E-state index contributed by atoms with van der Waals surface area (Å²) in [5.74, 6) is -1.52. The molecule has 3 N–H and O–H groups in total. The number of carboxylic acid groups (broad SMARTS) is 1. The van der Waals surface area contributed by atoms with Crippen LogP contribution in [0.25, 0.3) is 0 Å². The Kier molecular flexibility index (Phi) is 8.14. The van der Waals surface area contributed by atoms with Crippen LogP contribution in [-0.4, -0.2) is 54.2 Å². The monoisotopic (exact) mass is 273 g/mol. The number of carbonyl (C=O) groups excluding carboxylic acids is 1. The lowest BCUT2D eigenvalue weighted by atomic mass is 10.0. The van der Waals surface area contributed by atoms with E-state index in [0.29, 0.717) is 12.6 Å². The molecule has 0 aromatic carbocycles. The number of nitrogens with zero attached hydrogens (tertiary/aromatic N) is 1. The van der Waals surface area contributed by atoms with E-state index >= 15 is 0 Å². The summed E-state index contributed by atoms with van der Waals surface area (Å²) in [4.78, 5) is 24.5. The summed E-state index contributed by atoms with van der Waals surface area (Å²) in [6, 6.07) is -0.237. The number of hydrogen-bond donors (Lipinski definition) is 3. The first-order valence-electron chi connectivity index (χ1n) is 6.77. The maximum absolute atomic E-state index is 11.6. The van der Waals surface area contributed by atoms with Gasteiger partial charge in [0.25, 0.3) is 0 Å². The molecule has 6 nitrogen and oxygen atoms in total. The predicted molar refractivity (Wildman–Crippen MR) is 75.2 cm³/mol. The molecule has 0 aliphatic carbocycles. The molecule has 0 heterocycles. The van der Waals surface area contributed by atoms with E-state index in [0.717, 1.165) is 13.0 Å². The van der Waals surface area contributed by atoms with Gasteiger partial charge in [-0.05, 0) is 34.2 Å². The zero-order valence-electron chi connectivity index (χ0n) is 12.6. The minimum Gasteiger partial charge on any atom is -0.481 e. The number of amides is 2. The Bertz CT molecular complexity index is 297. The van der Waals surface area contributed by atoms with Gasteiger partial charge < -0.3 is 20.6 Å². The number of urea groups is 1. The van der Waals surface area contributed by atoms with Crippen molar-refractivity contribution in [2.45, 2.75) is 46.2 Å². The van der Waals surface area contributed by atoms with Crippen molar-refractivity contribution < 1.29 is 14.7 Å². The van der Waals surface area contributed by atoms with Crippen molar-refractivity contribution in [3.05, 3.63) is 0 Å². The molecule has 0 rings (SSSR count). The second-order valence-corrected chi connectivity index (χ2v) is 5.05. The molecule has 112 valence electrons. The van der Waals surface area contributed by atoms with Gasteiger partial charge in [0, 0.05) is 25.2 Å². The van der Waals surface area contributed by atoms with Crippen molar-refractivity contribution in [1.29, 1.82) is 0 Å². The number of hydrogen-bond acceptors (Lipinski definition) is 3. The summed E-state index contributed by atoms with van der Waals surface area (Å²) in [5.41, 5.74) is 0. The molecule has 0 aromatic rings. The number of aliphatic carboxylic acids is 1. The molecular formula is C13H27N3O3. The molecule has 3 atom stereocenters. The van der Waals surface area contributed by atoms with E-state index in [1.54, 1.807) is 13.8 Å². The second kappa shape index (κ2) is 8.74. The maximum atomic E-state index is 11.6. The van der Waals surface area contributed by atoms with Gasteiger partial charge in [-0.2, -0.15) is 0 Å². The highest BCUT2D eigenvalue weighted by Gasteiger charge is 2.20. The number of carboxylic acids is 1. The first kappa shape index (κ1) is 17.7. The maximum Gasteiger partial charge on any atom is 0.315 e. The van der Waals surface area contributed by atoms with E-state index in [-0.39, 0.29) is 6.03 Å². The summed E-state index contributed by atoms with van der Waals surface area (Å²) in [7, 11) is 2.02. The lowest BCUT2D eigenvalue weighted by Crippen LogP contribution is -2.47. The standard InChI is InChI=1S/C13H27N3O3/c1-6-9(2)16(5)8-7-14-13(19)15-11(4)10(3)12(17)18/h9-11H,6-8H2,1-5H3,(H,17,18)(H2,14,15,19). The Labute approximate surface area is 115 Å². The summed E-state index contributed by atoms with van der Waals surface area (Å²) < 4.78 is 0. The third kappa shape index (κ3) is 7.00. The van der Waals surface area contributed by atoms with E-state index in [1.165, 1.54) is 0 Å². The molecule has 3 unspecified atom stereocenters. The first-order valence-corrected chi connectivity index (χ1v) is 6.77. The van der Waals surface area contributed by atoms with Crippen LogP contribution < -0.4 is 10.6 Å². The van der Waals surface area contributed by atoms with Crippen molar-refractivity contribution in [2.75, 3.05) is 20.1 Å². The van der Waals surface area contributed by atoms with Crippen LogP contribution in [0.4, 0.5) is 4.79 Å². The summed E-state index contributed by atoms with van der Waals surface area (Å²) >= 11 is 0. The molecule has 0 bridgehead atoms. The highest BCUT2D eigenvalue weighted by atomic mass is 16.4. The van der Waals surface area contributed by atoms with E-state index in [4.69, 9.17) is 5.11 Å². The second-order valence-electron chi connectivity index (χ2n) is 5.05. The van der Waals surface area contributed by atoms with E-state index in [2.05, 4.69) is 29.4 Å². The van der Waals surface area contributed by atoms with Gasteiger partial charge in [0.1, 0.15) is 0 Å². The van der Waals surface area contributed by atoms with Crippen LogP contribution in [0, 0.1) is 5.92 Å². The van der Waals surface area contributed by atoms with Crippen molar-refractivity contribution >= 4 is 12.0 Å². The van der Waals surface area contributed by atoms with Gasteiger partial charge in [0.15, 0.2) is 0 Å². The molecule has 0 radical (unpaired) electrons. The zero-order valence-corrected chi connectivity index (χ0v) is 12.6. The normalized spacial score (nSPS) is 15.7. The molecule has 0 fully saturated rings. The van der Waals surface area contributed by atoms with Crippen molar-refractivity contribution in [3.8, 4) is 0 Å². The molecule has 0 spiro atoms. The largest absolute Gasteiger partial charge is 0.481 e. The van der Waals surface area contributed by atoms with E-state index in [9.17, 15) is 9.59 Å². The fourth-order valence-corrected chi connectivity index (χ4v) is 1.47. The molecule has 19 heavy (non-hydrogen) atoms. The highest BCUT2D eigenvalue weighted by molar-refractivity contribution is 5.76. The van der Waals surface area contributed by atoms with Crippen LogP contribution >= 0.6 is 0 Å². The Balaban J connectivity index is 3.91. The summed E-state index contributed by atoms with van der Waals surface area (Å²) in [6.45, 7) is 8.83. The molecule has 6 heteroatoms. The van der Waals surface area contributed by atoms with Gasteiger partial charge in [-0.15, -0.1) is 0 Å². The van der Waals surface area contributed by atoms with Crippen LogP contribution in [0.5, 0.6) is 0 Å². The third-order valence-electron chi connectivity index (χ3n) is 3.59. The fourth-order valence-electron chi connectivity index (χ4n) is 1.47. The lowest BCUT2D eigenvalue weighted by Gasteiger charge is -2.24. The van der Waals surface area contributed by atoms with Crippen LogP contribution in [0.2, 0.25) is 0 Å². The zero-order chi connectivity index (χ0) is 15.0. The Morgan fingerprint density at radius 3 is 2.32 bits per heavy atom. The molecule has 0 saturated carbocycles. The van der Waals surface area contributed by atoms with E-state index in [1.807, 2.05) is 7.05 Å². The SMILES string of the molecule is CCC(C)N(C)CCNC(=O)NC(C)C(C)C(=O)O. The minimum absolute atomic E-state index is 0.321. The Hall–Kier alpha value is -1.30. The molecular weight excluding hydrogens is 246 g/mol. The van der Waals surface area contributed by atoms with Crippen LogP contribution in [0.3, 0.4) is 0 Å². The van der Waals surface area contributed by atoms with Crippen LogP contribution in [-0.2, 0) is 4.79 Å². The number of nitrogens with one attached hydrogen (secondary N) is 2. The van der Waals surface area contributed by atoms with Gasteiger partial charge in [0.2, 0.25) is 0 Å². The van der Waals surface area contributed by atoms with E-state index < -0.39 is 17.9 Å². The lowest BCUT2D eigenvalue weighted by molar-refractivity contribution is -0.141. The van der Waals surface area contributed by atoms with Crippen LogP contribution in [0.15, 0.2) is 0 Å². The number of rotatable bonds is 8.